The maximum absolute atomic E-state index is 12.1. The molecule has 0 N–H and O–H groups in total. The number of hydrogen-bond donors (Lipinski definition) is 0. The molecule has 1 heterocycles. The molecule has 5 heteroatoms. The number of carbonyl (C=O) groups is 1. The van der Waals surface area contributed by atoms with Crippen LogP contribution in [0.3, 0.4) is 0 Å². The van der Waals surface area contributed by atoms with Gasteiger partial charge in [0.1, 0.15) is 12.4 Å². The molecule has 126 valence electrons. The van der Waals surface area contributed by atoms with Crippen molar-refractivity contribution in [3.63, 3.8) is 0 Å². The molecule has 0 radical (unpaired) electrons. The second kappa shape index (κ2) is 7.36. The minimum absolute atomic E-state index is 0.219. The summed E-state index contributed by atoms with van der Waals surface area (Å²) in [5.74, 6) is 0.411. The second-order valence-corrected chi connectivity index (χ2v) is 6.06. The van der Waals surface area contributed by atoms with Gasteiger partial charge in [0.05, 0.1) is 0 Å². The summed E-state index contributed by atoms with van der Waals surface area (Å²) in [7, 11) is 0. The first kappa shape index (κ1) is 17.0. The molecule has 0 amide bonds. The monoisotopic (exact) mass is 353 g/mol. The molecule has 4 nitrogen and oxygen atoms in total. The smallest absolute Gasteiger partial charge is 0.363 e. The zero-order valence-electron chi connectivity index (χ0n) is 13.7. The van der Waals surface area contributed by atoms with Crippen molar-refractivity contribution in [2.75, 3.05) is 6.61 Å². The summed E-state index contributed by atoms with van der Waals surface area (Å²) in [4.78, 5) is 16.4. The number of para-hydroxylation sites is 1. The van der Waals surface area contributed by atoms with E-state index in [9.17, 15) is 4.79 Å². The quantitative estimate of drug-likeness (QED) is 0.447. The molecule has 0 unspecified atom stereocenters. The van der Waals surface area contributed by atoms with Gasteiger partial charge in [-0.15, -0.1) is 0 Å². The van der Waals surface area contributed by atoms with E-state index in [2.05, 4.69) is 11.6 Å². The van der Waals surface area contributed by atoms with Crippen LogP contribution in [0.5, 0.6) is 5.75 Å². The lowest BCUT2D eigenvalue weighted by Crippen LogP contribution is -2.05. The first-order valence-corrected chi connectivity index (χ1v) is 8.05. The highest BCUT2D eigenvalue weighted by Crippen LogP contribution is 2.25. The molecule has 0 saturated heterocycles. The fourth-order valence-corrected chi connectivity index (χ4v) is 2.33. The van der Waals surface area contributed by atoms with E-state index in [1.807, 2.05) is 31.2 Å². The van der Waals surface area contributed by atoms with Gasteiger partial charge in [-0.05, 0) is 48.9 Å². The van der Waals surface area contributed by atoms with Gasteiger partial charge >= 0.3 is 5.97 Å². The number of hydrogen-bond acceptors (Lipinski definition) is 4. The zero-order chi connectivity index (χ0) is 17.8. The summed E-state index contributed by atoms with van der Waals surface area (Å²) >= 11 is 5.87. The molecule has 3 rings (SSSR count). The van der Waals surface area contributed by atoms with Gasteiger partial charge < -0.3 is 9.47 Å². The lowest BCUT2D eigenvalue weighted by atomic mass is 10.1. The maximum atomic E-state index is 12.1. The van der Waals surface area contributed by atoms with Crippen LogP contribution in [0.25, 0.3) is 6.08 Å². The Labute approximate surface area is 151 Å². The van der Waals surface area contributed by atoms with Crippen molar-refractivity contribution in [2.24, 2.45) is 4.99 Å². The van der Waals surface area contributed by atoms with E-state index in [4.69, 9.17) is 21.1 Å². The van der Waals surface area contributed by atoms with Gasteiger partial charge in [0.15, 0.2) is 5.70 Å². The van der Waals surface area contributed by atoms with E-state index in [-0.39, 0.29) is 11.6 Å². The Morgan fingerprint density at radius 1 is 1.24 bits per heavy atom. The molecule has 0 spiro atoms. The summed E-state index contributed by atoms with van der Waals surface area (Å²) < 4.78 is 11.0. The number of halogens is 1. The van der Waals surface area contributed by atoms with E-state index >= 15 is 0 Å². The average molecular weight is 354 g/mol. The topological polar surface area (TPSA) is 47.9 Å². The highest BCUT2D eigenvalue weighted by molar-refractivity contribution is 6.30. The van der Waals surface area contributed by atoms with Crippen LogP contribution in [0.15, 0.2) is 71.4 Å². The van der Waals surface area contributed by atoms with Crippen LogP contribution in [0, 0.1) is 0 Å². The predicted octanol–water partition coefficient (Wildman–Crippen LogP) is 4.64. The molecule has 0 aromatic heterocycles. The zero-order valence-corrected chi connectivity index (χ0v) is 14.4. The van der Waals surface area contributed by atoms with Crippen LogP contribution in [0.2, 0.25) is 5.02 Å². The summed E-state index contributed by atoms with van der Waals surface area (Å²) in [6.45, 7) is 6.11. The number of benzene rings is 2. The Kier molecular flexibility index (Phi) is 5.00. The number of ether oxygens (including phenoxy) is 2. The fourth-order valence-electron chi connectivity index (χ4n) is 2.20. The van der Waals surface area contributed by atoms with Crippen LogP contribution >= 0.6 is 11.6 Å². The predicted molar refractivity (Wildman–Crippen MR) is 98.8 cm³/mol. The molecule has 2 aromatic carbocycles. The number of cyclic esters (lactones) is 1. The van der Waals surface area contributed by atoms with E-state index in [1.165, 1.54) is 0 Å². The van der Waals surface area contributed by atoms with Crippen molar-refractivity contribution in [2.45, 2.75) is 6.92 Å². The van der Waals surface area contributed by atoms with Gasteiger partial charge in [0, 0.05) is 16.1 Å². The lowest BCUT2D eigenvalue weighted by Gasteiger charge is -2.08. The Balaban J connectivity index is 1.89. The molecule has 0 fully saturated rings. The Hall–Kier alpha value is -2.85. The Bertz CT molecular complexity index is 882. The van der Waals surface area contributed by atoms with Crippen LogP contribution in [-0.4, -0.2) is 18.5 Å². The normalized spacial score (nSPS) is 15.0. The molecule has 0 saturated carbocycles. The summed E-state index contributed by atoms with van der Waals surface area (Å²) in [5, 5.41) is 0.605. The summed E-state index contributed by atoms with van der Waals surface area (Å²) in [5.41, 5.74) is 2.56. The molecule has 0 bridgehead atoms. The summed E-state index contributed by atoms with van der Waals surface area (Å²) in [6.07, 6.45) is 1.65. The van der Waals surface area contributed by atoms with Gasteiger partial charge in [0.25, 0.3) is 0 Å². The number of nitrogens with zero attached hydrogens (tertiary/aromatic N) is 1. The van der Waals surface area contributed by atoms with E-state index in [1.54, 1.807) is 30.3 Å². The minimum atomic E-state index is -0.500. The SMILES string of the molecule is C=C(C)COc1ccccc1/C=C1\N=C(c2ccc(Cl)cc2)OC1=O. The number of rotatable bonds is 5. The third-order valence-corrected chi connectivity index (χ3v) is 3.65. The highest BCUT2D eigenvalue weighted by atomic mass is 35.5. The molecule has 2 aromatic rings. The fraction of sp³-hybridized carbons (Fsp3) is 0.100. The van der Waals surface area contributed by atoms with Crippen molar-refractivity contribution in [1.82, 2.24) is 0 Å². The average Bonchev–Trinajstić information content (AvgIpc) is 2.95. The Morgan fingerprint density at radius 2 is 1.96 bits per heavy atom. The number of carbonyl (C=O) groups excluding carboxylic acids is 1. The number of esters is 1. The minimum Gasteiger partial charge on any atom is -0.489 e. The lowest BCUT2D eigenvalue weighted by molar-refractivity contribution is -0.129. The molecule has 25 heavy (non-hydrogen) atoms. The highest BCUT2D eigenvalue weighted by Gasteiger charge is 2.24. The third-order valence-electron chi connectivity index (χ3n) is 3.40. The van der Waals surface area contributed by atoms with Gasteiger partial charge in [-0.3, -0.25) is 0 Å². The van der Waals surface area contributed by atoms with Crippen molar-refractivity contribution in [3.8, 4) is 5.75 Å². The van der Waals surface area contributed by atoms with E-state index in [0.29, 0.717) is 22.9 Å². The molecular formula is C20H16ClNO3. The Morgan fingerprint density at radius 3 is 2.68 bits per heavy atom. The van der Waals surface area contributed by atoms with Crippen molar-refractivity contribution >= 4 is 29.5 Å². The van der Waals surface area contributed by atoms with Crippen LogP contribution in [0.1, 0.15) is 18.1 Å². The van der Waals surface area contributed by atoms with Crippen molar-refractivity contribution in [1.29, 1.82) is 0 Å². The molecule has 1 aliphatic heterocycles. The third kappa shape index (κ3) is 4.17. The van der Waals surface area contributed by atoms with Gasteiger partial charge in [-0.2, -0.15) is 0 Å². The first-order valence-electron chi connectivity index (χ1n) is 7.67. The van der Waals surface area contributed by atoms with Gasteiger partial charge in [0.2, 0.25) is 5.90 Å². The largest absolute Gasteiger partial charge is 0.489 e. The second-order valence-electron chi connectivity index (χ2n) is 5.63. The number of aliphatic imine (C=N–C) groups is 1. The van der Waals surface area contributed by atoms with Crippen molar-refractivity contribution < 1.29 is 14.3 Å². The first-order chi connectivity index (χ1) is 12.0. The van der Waals surface area contributed by atoms with Crippen LogP contribution < -0.4 is 4.74 Å². The van der Waals surface area contributed by atoms with Crippen molar-refractivity contribution in [3.05, 3.63) is 82.5 Å². The van der Waals surface area contributed by atoms with E-state index in [0.717, 1.165) is 11.1 Å². The van der Waals surface area contributed by atoms with Gasteiger partial charge in [-0.1, -0.05) is 36.4 Å². The van der Waals surface area contributed by atoms with Crippen LogP contribution in [-0.2, 0) is 9.53 Å². The molecular weight excluding hydrogens is 338 g/mol. The molecule has 1 aliphatic rings. The van der Waals surface area contributed by atoms with E-state index < -0.39 is 5.97 Å². The molecule has 0 aliphatic carbocycles. The van der Waals surface area contributed by atoms with Gasteiger partial charge in [-0.25, -0.2) is 9.79 Å². The standard InChI is InChI=1S/C20H16ClNO3/c1-13(2)12-24-18-6-4-3-5-15(18)11-17-20(23)25-19(22-17)14-7-9-16(21)10-8-14/h3-11H,1,12H2,2H3/b17-11-. The molecule has 0 atom stereocenters. The van der Waals surface area contributed by atoms with Crippen LogP contribution in [0.4, 0.5) is 0 Å². The summed E-state index contributed by atoms with van der Waals surface area (Å²) in [6, 6.07) is 14.4. The maximum Gasteiger partial charge on any atom is 0.363 e.